The van der Waals surface area contributed by atoms with Gasteiger partial charge in [0.1, 0.15) is 5.75 Å². The smallest absolute Gasteiger partial charge is 0.207 e. The third-order valence-electron chi connectivity index (χ3n) is 5.12. The summed E-state index contributed by atoms with van der Waals surface area (Å²) < 4.78 is 26.6. The van der Waals surface area contributed by atoms with E-state index in [9.17, 15) is 13.5 Å². The Morgan fingerprint density at radius 2 is 1.58 bits per heavy atom. The topological polar surface area (TPSA) is 57.6 Å². The molecule has 0 spiro atoms. The minimum atomic E-state index is -3.64. The second-order valence-corrected chi connectivity index (χ2v) is 9.37. The number of aromatic hydroxyl groups is 1. The van der Waals surface area contributed by atoms with Crippen molar-refractivity contribution in [2.24, 2.45) is 0 Å². The van der Waals surface area contributed by atoms with E-state index in [0.717, 1.165) is 29.9 Å². The number of rotatable bonds is 4. The van der Waals surface area contributed by atoms with Gasteiger partial charge in [0.2, 0.25) is 9.84 Å². The predicted molar refractivity (Wildman–Crippen MR) is 105 cm³/mol. The SMILES string of the molecule is Cc1cc(N2CCCC2)cc(C)c1S(=O)(=O)c1ccc(O)c(C(C)C)c1. The number of benzene rings is 2. The molecular formula is C21H27NO3S. The first kappa shape index (κ1) is 18.8. The highest BCUT2D eigenvalue weighted by Crippen LogP contribution is 2.35. The van der Waals surface area contributed by atoms with Crippen LogP contribution >= 0.6 is 0 Å². The molecule has 5 heteroatoms. The molecule has 3 rings (SSSR count). The summed E-state index contributed by atoms with van der Waals surface area (Å²) in [5.41, 5.74) is 3.29. The number of phenolic OH excluding ortho intramolecular Hbond substituents is 1. The molecule has 1 heterocycles. The van der Waals surface area contributed by atoms with Crippen LogP contribution in [0.4, 0.5) is 5.69 Å². The molecule has 2 aromatic rings. The highest BCUT2D eigenvalue weighted by atomic mass is 32.2. The van der Waals surface area contributed by atoms with Crippen molar-refractivity contribution in [3.8, 4) is 5.75 Å². The van der Waals surface area contributed by atoms with E-state index >= 15 is 0 Å². The molecule has 0 aliphatic carbocycles. The van der Waals surface area contributed by atoms with Gasteiger partial charge in [0, 0.05) is 18.8 Å². The maximum atomic E-state index is 13.3. The standard InChI is InChI=1S/C21H27NO3S/c1-14(2)19-13-18(7-8-20(19)23)26(24,25)21-15(3)11-17(12-16(21)4)22-9-5-6-10-22/h7-8,11-14,23H,5-6,9-10H2,1-4H3. The van der Waals surface area contributed by atoms with Crippen LogP contribution in [-0.2, 0) is 9.84 Å². The van der Waals surface area contributed by atoms with Crippen molar-refractivity contribution < 1.29 is 13.5 Å². The molecule has 0 bridgehead atoms. The lowest BCUT2D eigenvalue weighted by atomic mass is 10.0. The number of nitrogens with zero attached hydrogens (tertiary/aromatic N) is 1. The zero-order valence-electron chi connectivity index (χ0n) is 15.9. The Morgan fingerprint density at radius 3 is 2.12 bits per heavy atom. The number of sulfone groups is 1. The molecule has 0 amide bonds. The molecule has 1 aliphatic rings. The van der Waals surface area contributed by atoms with E-state index < -0.39 is 9.84 Å². The van der Waals surface area contributed by atoms with E-state index in [1.165, 1.54) is 25.0 Å². The Balaban J connectivity index is 2.09. The van der Waals surface area contributed by atoms with Gasteiger partial charge in [-0.25, -0.2) is 8.42 Å². The Hall–Kier alpha value is -2.01. The van der Waals surface area contributed by atoms with E-state index in [4.69, 9.17) is 0 Å². The quantitative estimate of drug-likeness (QED) is 0.853. The van der Waals surface area contributed by atoms with E-state index in [2.05, 4.69) is 4.90 Å². The molecule has 26 heavy (non-hydrogen) atoms. The van der Waals surface area contributed by atoms with Crippen molar-refractivity contribution in [3.05, 3.63) is 47.0 Å². The summed E-state index contributed by atoms with van der Waals surface area (Å²) in [6.07, 6.45) is 2.37. The molecule has 0 unspecified atom stereocenters. The summed E-state index contributed by atoms with van der Waals surface area (Å²) >= 11 is 0. The summed E-state index contributed by atoms with van der Waals surface area (Å²) in [4.78, 5) is 2.92. The lowest BCUT2D eigenvalue weighted by molar-refractivity contribution is 0.464. The third-order valence-corrected chi connectivity index (χ3v) is 7.17. The first-order chi connectivity index (χ1) is 12.2. The van der Waals surface area contributed by atoms with Crippen LogP contribution in [0.3, 0.4) is 0 Å². The van der Waals surface area contributed by atoms with Crippen LogP contribution < -0.4 is 4.90 Å². The zero-order chi connectivity index (χ0) is 19.1. The van der Waals surface area contributed by atoms with Crippen LogP contribution in [0.15, 0.2) is 40.1 Å². The van der Waals surface area contributed by atoms with Crippen molar-refractivity contribution in [3.63, 3.8) is 0 Å². The fourth-order valence-electron chi connectivity index (χ4n) is 3.79. The fourth-order valence-corrected chi connectivity index (χ4v) is 5.52. The van der Waals surface area contributed by atoms with Crippen LogP contribution in [0.1, 0.15) is 49.3 Å². The van der Waals surface area contributed by atoms with Crippen molar-refractivity contribution in [1.29, 1.82) is 0 Å². The van der Waals surface area contributed by atoms with Gasteiger partial charge in [-0.3, -0.25) is 0 Å². The van der Waals surface area contributed by atoms with E-state index in [-0.39, 0.29) is 16.6 Å². The summed E-state index contributed by atoms with van der Waals surface area (Å²) in [6, 6.07) is 8.53. The molecule has 0 saturated carbocycles. The van der Waals surface area contributed by atoms with Gasteiger partial charge in [0.25, 0.3) is 0 Å². The van der Waals surface area contributed by atoms with E-state index in [0.29, 0.717) is 10.5 Å². The average molecular weight is 374 g/mol. The van der Waals surface area contributed by atoms with Gasteiger partial charge >= 0.3 is 0 Å². The summed E-state index contributed by atoms with van der Waals surface area (Å²) in [5, 5.41) is 10.0. The molecule has 0 atom stereocenters. The molecule has 2 aromatic carbocycles. The number of anilines is 1. The Labute approximate surface area is 156 Å². The largest absolute Gasteiger partial charge is 0.508 e. The zero-order valence-corrected chi connectivity index (χ0v) is 16.7. The number of hydrogen-bond acceptors (Lipinski definition) is 4. The molecule has 1 saturated heterocycles. The highest BCUT2D eigenvalue weighted by molar-refractivity contribution is 7.91. The van der Waals surface area contributed by atoms with Crippen molar-refractivity contribution in [2.45, 2.75) is 56.2 Å². The predicted octanol–water partition coefficient (Wildman–Crippen LogP) is 4.57. The van der Waals surface area contributed by atoms with Crippen LogP contribution in [-0.4, -0.2) is 26.6 Å². The molecule has 1 aliphatic heterocycles. The summed E-state index contributed by atoms with van der Waals surface area (Å²) in [7, 11) is -3.64. The molecular weight excluding hydrogens is 346 g/mol. The molecule has 0 radical (unpaired) electrons. The fraction of sp³-hybridized carbons (Fsp3) is 0.429. The lowest BCUT2D eigenvalue weighted by Crippen LogP contribution is -2.18. The normalized spacial score (nSPS) is 15.0. The molecule has 1 N–H and O–H groups in total. The van der Waals surface area contributed by atoms with Crippen LogP contribution in [0.25, 0.3) is 0 Å². The first-order valence-electron chi connectivity index (χ1n) is 9.16. The Bertz CT molecular complexity index is 903. The minimum Gasteiger partial charge on any atom is -0.508 e. The van der Waals surface area contributed by atoms with Gasteiger partial charge in [0.05, 0.1) is 9.79 Å². The maximum Gasteiger partial charge on any atom is 0.207 e. The molecule has 1 fully saturated rings. The summed E-state index contributed by atoms with van der Waals surface area (Å²) in [5.74, 6) is 0.182. The van der Waals surface area contributed by atoms with Gasteiger partial charge in [-0.1, -0.05) is 13.8 Å². The Kier molecular flexibility index (Phi) is 5.02. The van der Waals surface area contributed by atoms with Gasteiger partial charge in [-0.05, 0) is 79.6 Å². The van der Waals surface area contributed by atoms with E-state index in [1.807, 2.05) is 39.8 Å². The van der Waals surface area contributed by atoms with Crippen molar-refractivity contribution >= 4 is 15.5 Å². The first-order valence-corrected chi connectivity index (χ1v) is 10.6. The highest BCUT2D eigenvalue weighted by Gasteiger charge is 2.25. The molecule has 0 aromatic heterocycles. The van der Waals surface area contributed by atoms with E-state index in [1.54, 1.807) is 6.07 Å². The van der Waals surface area contributed by atoms with Crippen LogP contribution in [0, 0.1) is 13.8 Å². The third kappa shape index (κ3) is 3.32. The van der Waals surface area contributed by atoms with Gasteiger partial charge in [0.15, 0.2) is 0 Å². The number of phenols is 1. The second-order valence-electron chi connectivity index (χ2n) is 7.48. The number of aryl methyl sites for hydroxylation is 2. The summed E-state index contributed by atoms with van der Waals surface area (Å²) in [6.45, 7) is 9.66. The van der Waals surface area contributed by atoms with Crippen LogP contribution in [0.2, 0.25) is 0 Å². The minimum absolute atomic E-state index is 0.0462. The Morgan fingerprint density at radius 1 is 1.00 bits per heavy atom. The van der Waals surface area contributed by atoms with Gasteiger partial charge in [-0.15, -0.1) is 0 Å². The molecule has 140 valence electrons. The van der Waals surface area contributed by atoms with Crippen molar-refractivity contribution in [2.75, 3.05) is 18.0 Å². The second kappa shape index (κ2) is 6.95. The van der Waals surface area contributed by atoms with Crippen molar-refractivity contribution in [1.82, 2.24) is 0 Å². The number of hydrogen-bond donors (Lipinski definition) is 1. The monoisotopic (exact) mass is 373 g/mol. The lowest BCUT2D eigenvalue weighted by Gasteiger charge is -2.21. The average Bonchev–Trinajstić information content (AvgIpc) is 3.08. The van der Waals surface area contributed by atoms with Crippen LogP contribution in [0.5, 0.6) is 5.75 Å². The van der Waals surface area contributed by atoms with Gasteiger partial charge < -0.3 is 10.0 Å². The van der Waals surface area contributed by atoms with Gasteiger partial charge in [-0.2, -0.15) is 0 Å². The maximum absolute atomic E-state index is 13.3. The molecule has 4 nitrogen and oxygen atoms in total.